The van der Waals surface area contributed by atoms with E-state index >= 15 is 0 Å². The molecule has 0 aliphatic heterocycles. The first-order valence-electron chi connectivity index (χ1n) is 2.27. The molecule has 0 saturated heterocycles. The summed E-state index contributed by atoms with van der Waals surface area (Å²) in [6.45, 7) is 1.95. The van der Waals surface area contributed by atoms with Crippen LogP contribution in [0, 0.1) is 0 Å². The van der Waals surface area contributed by atoms with E-state index in [1.165, 1.54) is 0 Å². The molecule has 0 N–H and O–H groups in total. The first-order valence-corrected chi connectivity index (χ1v) is 2.27. The van der Waals surface area contributed by atoms with Crippen LogP contribution in [0.5, 0.6) is 0 Å². The molecule has 0 saturated carbocycles. The van der Waals surface area contributed by atoms with E-state index < -0.39 is 0 Å². The molecule has 0 unspecified atom stereocenters. The second-order valence-corrected chi connectivity index (χ2v) is 1.59. The van der Waals surface area contributed by atoms with E-state index in [1.807, 2.05) is 14.8 Å². The van der Waals surface area contributed by atoms with Gasteiger partial charge in [-0.1, -0.05) is 0 Å². The molecule has 0 radical (unpaired) electrons. The Hall–Kier alpha value is -0.330. The third-order valence-electron chi connectivity index (χ3n) is 0.953. The molecule has 0 heterocycles. The van der Waals surface area contributed by atoms with Crippen LogP contribution in [0.1, 0.15) is 6.92 Å². The van der Waals surface area contributed by atoms with Gasteiger partial charge in [-0.05, 0) is 0 Å². The summed E-state index contributed by atoms with van der Waals surface area (Å²) < 4.78 is 0. The van der Waals surface area contributed by atoms with Crippen LogP contribution < -0.4 is 0 Å². The normalized spacial score (nSPS) is 11.3. The predicted octanol–water partition coefficient (Wildman–Crippen LogP) is -1.26. The van der Waals surface area contributed by atoms with Gasteiger partial charge in [0, 0.05) is 0 Å². The van der Waals surface area contributed by atoms with Crippen LogP contribution in [-0.4, -0.2) is 33.5 Å². The van der Waals surface area contributed by atoms with Crippen molar-refractivity contribution in [2.24, 2.45) is 4.99 Å². The van der Waals surface area contributed by atoms with Crippen LogP contribution in [0.15, 0.2) is 4.99 Å². The standard InChI is InChI=1S/C4H9B2N/c1-3(7-2)4(5)6/h5H,6H2,1-2H3/b7-3+. The van der Waals surface area contributed by atoms with E-state index in [0.717, 1.165) is 11.1 Å². The summed E-state index contributed by atoms with van der Waals surface area (Å²) in [5, 5.41) is 1.04. The van der Waals surface area contributed by atoms with Gasteiger partial charge in [0.15, 0.2) is 0 Å². The fourth-order valence-corrected chi connectivity index (χ4v) is 0.191. The molecule has 0 aromatic rings. The molecule has 7 heavy (non-hydrogen) atoms. The van der Waals surface area contributed by atoms with E-state index in [1.54, 1.807) is 7.05 Å². The Balaban J connectivity index is 3.82. The summed E-state index contributed by atoms with van der Waals surface area (Å²) in [7, 11) is 7.41. The van der Waals surface area contributed by atoms with Crippen LogP contribution in [0.2, 0.25) is 0 Å². The molecule has 0 amide bonds. The second-order valence-electron chi connectivity index (χ2n) is 1.59. The van der Waals surface area contributed by atoms with Crippen LogP contribution in [-0.2, 0) is 0 Å². The van der Waals surface area contributed by atoms with Gasteiger partial charge in [0.05, 0.1) is 0 Å². The van der Waals surface area contributed by atoms with Gasteiger partial charge < -0.3 is 0 Å². The summed E-state index contributed by atoms with van der Waals surface area (Å²) in [5.74, 6) is 0. The number of hydrogen-bond donors (Lipinski definition) is 0. The average molecular weight is 92.7 g/mol. The van der Waals surface area contributed by atoms with Crippen molar-refractivity contribution in [2.45, 2.75) is 6.92 Å². The zero-order valence-corrected chi connectivity index (χ0v) is 5.15. The summed E-state index contributed by atoms with van der Waals surface area (Å²) in [5.41, 5.74) is 1.03. The maximum absolute atomic E-state index is 3.91. The molecule has 0 atom stereocenters. The molecule has 0 fully saturated rings. The maximum atomic E-state index is 3.91. The van der Waals surface area contributed by atoms with Crippen LogP contribution in [0.4, 0.5) is 0 Å². The van der Waals surface area contributed by atoms with E-state index in [4.69, 9.17) is 0 Å². The van der Waals surface area contributed by atoms with Gasteiger partial charge in [-0.25, -0.2) is 0 Å². The van der Waals surface area contributed by atoms with Gasteiger partial charge >= 0.3 is 45.4 Å². The van der Waals surface area contributed by atoms with E-state index in [2.05, 4.69) is 12.5 Å². The second kappa shape index (κ2) is 2.78. The molecule has 3 heteroatoms. The summed E-state index contributed by atoms with van der Waals surface area (Å²) in [6.07, 6.45) is 0. The Labute approximate surface area is 46.3 Å². The van der Waals surface area contributed by atoms with Gasteiger partial charge in [0.2, 0.25) is 0 Å². The van der Waals surface area contributed by atoms with Crippen LogP contribution in [0.3, 0.4) is 0 Å². The SMILES string of the molecule is B=C(B)/C(C)=N/C. The van der Waals surface area contributed by atoms with Gasteiger partial charge in [-0.15, -0.1) is 0 Å². The van der Waals surface area contributed by atoms with Crippen LogP contribution in [0.25, 0.3) is 0 Å². The molecule has 0 rings (SSSR count). The third-order valence-corrected chi connectivity index (χ3v) is 0.953. The third kappa shape index (κ3) is 2.38. The number of rotatable bonds is 1. The first kappa shape index (κ1) is 6.67. The van der Waals surface area contributed by atoms with Crippen molar-refractivity contribution < 1.29 is 0 Å². The van der Waals surface area contributed by atoms with Gasteiger partial charge in [0.1, 0.15) is 0 Å². The summed E-state index contributed by atoms with van der Waals surface area (Å²) >= 11 is 0. The van der Waals surface area contributed by atoms with Crippen molar-refractivity contribution in [2.75, 3.05) is 7.05 Å². The van der Waals surface area contributed by atoms with Gasteiger partial charge in [-0.2, -0.15) is 0 Å². The Morgan fingerprint density at radius 1 is 1.71 bits per heavy atom. The molecule has 0 aromatic carbocycles. The molecular formula is C4H9B2N. The fraction of sp³-hybridized carbons (Fsp3) is 0.500. The van der Waals surface area contributed by atoms with E-state index in [9.17, 15) is 0 Å². The molecule has 0 aliphatic rings. The summed E-state index contributed by atoms with van der Waals surface area (Å²) in [4.78, 5) is 3.91. The average Bonchev–Trinajstić information content (AvgIpc) is 1.65. The topological polar surface area (TPSA) is 12.4 Å². The molecule has 0 spiro atoms. The predicted molar refractivity (Wildman–Crippen MR) is 39.7 cm³/mol. The Bertz CT molecular complexity index is 106. The Morgan fingerprint density at radius 3 is 2.14 bits per heavy atom. The molecule has 0 bridgehead atoms. The van der Waals surface area contributed by atoms with Gasteiger partial charge in [-0.3, -0.25) is 0 Å². The molecular weight excluding hydrogens is 83.7 g/mol. The fourth-order valence-electron chi connectivity index (χ4n) is 0.191. The zero-order chi connectivity index (χ0) is 5.86. The quantitative estimate of drug-likeness (QED) is 0.283. The minimum atomic E-state index is 1.03. The molecule has 36 valence electrons. The Morgan fingerprint density at radius 2 is 2.14 bits per heavy atom. The van der Waals surface area contributed by atoms with Crippen molar-refractivity contribution in [3.8, 4) is 0 Å². The van der Waals surface area contributed by atoms with Crippen molar-refractivity contribution in [1.82, 2.24) is 0 Å². The number of hydrogen-bond acceptors (Lipinski definition) is 1. The molecule has 1 nitrogen and oxygen atoms in total. The molecule has 0 aliphatic carbocycles. The van der Waals surface area contributed by atoms with E-state index in [-0.39, 0.29) is 0 Å². The number of nitrogens with zero attached hydrogens (tertiary/aromatic N) is 1. The summed E-state index contributed by atoms with van der Waals surface area (Å²) in [6, 6.07) is 0. The van der Waals surface area contributed by atoms with Crippen molar-refractivity contribution in [3.05, 3.63) is 0 Å². The van der Waals surface area contributed by atoms with Crippen molar-refractivity contribution >= 4 is 26.4 Å². The first-order chi connectivity index (χ1) is 3.18. The van der Waals surface area contributed by atoms with Crippen molar-refractivity contribution in [3.63, 3.8) is 0 Å². The minimum absolute atomic E-state index is 1.03. The molecule has 0 aromatic heterocycles. The van der Waals surface area contributed by atoms with Crippen LogP contribution >= 0.6 is 0 Å². The van der Waals surface area contributed by atoms with Crippen molar-refractivity contribution in [1.29, 1.82) is 0 Å². The zero-order valence-electron chi connectivity index (χ0n) is 5.15. The van der Waals surface area contributed by atoms with Gasteiger partial charge in [0.25, 0.3) is 0 Å². The monoisotopic (exact) mass is 93.1 g/mol. The Kier molecular flexibility index (Phi) is 2.65. The van der Waals surface area contributed by atoms with E-state index in [0.29, 0.717) is 0 Å². The number of aliphatic imine (C=N–C) groups is 1.